The number of nitrogens with zero attached hydrogens (tertiary/aromatic N) is 1. The van der Waals surface area contributed by atoms with Crippen LogP contribution in [0, 0.1) is 0 Å². The number of hydrogen-bond donors (Lipinski definition) is 2. The second kappa shape index (κ2) is 6.85. The molecule has 2 aromatic rings. The van der Waals surface area contributed by atoms with Crippen molar-refractivity contribution in [1.29, 1.82) is 0 Å². The lowest BCUT2D eigenvalue weighted by atomic mass is 10.2. The minimum Gasteiger partial charge on any atom is -0.383 e. The number of methoxy groups -OCH3 is 1. The number of fused-ring (bicyclic) bond motifs is 1. The van der Waals surface area contributed by atoms with Gasteiger partial charge in [0.15, 0.2) is 0 Å². The SMILES string of the molecule is COCCNC(=O)CCn1[nH]c(=O)c2ccccc2c1=O. The van der Waals surface area contributed by atoms with E-state index in [9.17, 15) is 14.4 Å². The smallest absolute Gasteiger partial charge is 0.273 e. The van der Waals surface area contributed by atoms with Gasteiger partial charge in [-0.25, -0.2) is 4.68 Å². The van der Waals surface area contributed by atoms with Crippen LogP contribution in [0.2, 0.25) is 0 Å². The zero-order chi connectivity index (χ0) is 15.2. The van der Waals surface area contributed by atoms with Crippen LogP contribution in [-0.2, 0) is 16.1 Å². The predicted octanol–water partition coefficient (Wildman–Crippen LogP) is -0.157. The molecule has 0 saturated carbocycles. The Bertz CT molecular complexity index is 748. The number of benzene rings is 1. The minimum atomic E-state index is -0.343. The molecule has 1 aromatic heterocycles. The first-order valence-electron chi connectivity index (χ1n) is 6.61. The molecule has 0 atom stereocenters. The van der Waals surface area contributed by atoms with Crippen molar-refractivity contribution < 1.29 is 9.53 Å². The van der Waals surface area contributed by atoms with E-state index in [0.29, 0.717) is 23.9 Å². The van der Waals surface area contributed by atoms with Gasteiger partial charge in [-0.15, -0.1) is 0 Å². The second-order valence-corrected chi connectivity index (χ2v) is 4.54. The van der Waals surface area contributed by atoms with Crippen LogP contribution in [0.15, 0.2) is 33.9 Å². The van der Waals surface area contributed by atoms with Gasteiger partial charge in [-0.05, 0) is 12.1 Å². The standard InChI is InChI=1S/C14H17N3O4/c1-21-9-7-15-12(18)6-8-17-14(20)11-5-3-2-4-10(11)13(19)16-17/h2-5H,6-9H2,1H3,(H,15,18)(H,16,19). The second-order valence-electron chi connectivity index (χ2n) is 4.54. The molecule has 0 aliphatic carbocycles. The summed E-state index contributed by atoms with van der Waals surface area (Å²) in [5, 5.41) is 5.84. The van der Waals surface area contributed by atoms with Crippen molar-refractivity contribution in [1.82, 2.24) is 15.1 Å². The average Bonchev–Trinajstić information content (AvgIpc) is 2.50. The highest BCUT2D eigenvalue weighted by Crippen LogP contribution is 2.02. The van der Waals surface area contributed by atoms with Crippen molar-refractivity contribution in [2.24, 2.45) is 0 Å². The molecule has 1 amide bonds. The predicted molar refractivity (Wildman–Crippen MR) is 78.3 cm³/mol. The number of carbonyl (C=O) groups excluding carboxylic acids is 1. The number of ether oxygens (including phenoxy) is 1. The molecule has 112 valence electrons. The Balaban J connectivity index is 2.13. The van der Waals surface area contributed by atoms with Gasteiger partial charge in [0.05, 0.1) is 23.9 Å². The molecule has 21 heavy (non-hydrogen) atoms. The fraction of sp³-hybridized carbons (Fsp3) is 0.357. The fourth-order valence-corrected chi connectivity index (χ4v) is 2.00. The van der Waals surface area contributed by atoms with Crippen LogP contribution in [0.25, 0.3) is 10.8 Å². The number of aromatic amines is 1. The first-order chi connectivity index (χ1) is 10.1. The lowest BCUT2D eigenvalue weighted by Crippen LogP contribution is -2.33. The zero-order valence-corrected chi connectivity index (χ0v) is 11.7. The molecule has 0 bridgehead atoms. The van der Waals surface area contributed by atoms with Crippen LogP contribution in [0.4, 0.5) is 0 Å². The summed E-state index contributed by atoms with van der Waals surface area (Å²) < 4.78 is 5.99. The molecular weight excluding hydrogens is 274 g/mol. The number of hydrogen-bond acceptors (Lipinski definition) is 4. The molecule has 7 heteroatoms. The van der Waals surface area contributed by atoms with Crippen LogP contribution >= 0.6 is 0 Å². The summed E-state index contributed by atoms with van der Waals surface area (Å²) in [5.41, 5.74) is -0.653. The van der Waals surface area contributed by atoms with E-state index in [4.69, 9.17) is 4.74 Å². The molecule has 1 heterocycles. The van der Waals surface area contributed by atoms with Crippen molar-refractivity contribution in [3.05, 3.63) is 45.0 Å². The maximum absolute atomic E-state index is 12.2. The number of aromatic nitrogens is 2. The first kappa shape index (κ1) is 15.0. The van der Waals surface area contributed by atoms with Crippen LogP contribution in [0.1, 0.15) is 6.42 Å². The van der Waals surface area contributed by atoms with E-state index >= 15 is 0 Å². The Morgan fingerprint density at radius 2 is 2.00 bits per heavy atom. The number of aryl methyl sites for hydroxylation is 1. The molecule has 0 unspecified atom stereocenters. The van der Waals surface area contributed by atoms with Crippen molar-refractivity contribution >= 4 is 16.7 Å². The number of amides is 1. The first-order valence-corrected chi connectivity index (χ1v) is 6.61. The van der Waals surface area contributed by atoms with Gasteiger partial charge < -0.3 is 10.1 Å². The molecule has 0 spiro atoms. The third-order valence-corrected chi connectivity index (χ3v) is 3.07. The number of rotatable bonds is 6. The molecular formula is C14H17N3O4. The maximum atomic E-state index is 12.2. The fourth-order valence-electron chi connectivity index (χ4n) is 2.00. The summed E-state index contributed by atoms with van der Waals surface area (Å²) in [7, 11) is 1.55. The summed E-state index contributed by atoms with van der Waals surface area (Å²) in [5.74, 6) is -0.201. The number of carbonyl (C=O) groups is 1. The number of nitrogens with one attached hydrogen (secondary N) is 2. The monoisotopic (exact) mass is 291 g/mol. The van der Waals surface area contributed by atoms with Gasteiger partial charge in [-0.3, -0.25) is 19.5 Å². The molecule has 1 aromatic carbocycles. The van der Waals surface area contributed by atoms with Crippen LogP contribution in [0.3, 0.4) is 0 Å². The van der Waals surface area contributed by atoms with E-state index in [0.717, 1.165) is 0 Å². The van der Waals surface area contributed by atoms with Crippen molar-refractivity contribution in [3.63, 3.8) is 0 Å². The zero-order valence-electron chi connectivity index (χ0n) is 11.7. The van der Waals surface area contributed by atoms with E-state index < -0.39 is 0 Å². The third kappa shape index (κ3) is 3.57. The third-order valence-electron chi connectivity index (χ3n) is 3.07. The Hall–Kier alpha value is -2.41. The topological polar surface area (TPSA) is 93.2 Å². The molecule has 2 N–H and O–H groups in total. The highest BCUT2D eigenvalue weighted by atomic mass is 16.5. The van der Waals surface area contributed by atoms with Gasteiger partial charge in [-0.2, -0.15) is 0 Å². The summed E-state index contributed by atoms with van der Waals surface area (Å²) in [6.07, 6.45) is 0.109. The van der Waals surface area contributed by atoms with E-state index in [1.165, 1.54) is 4.68 Å². The van der Waals surface area contributed by atoms with Gasteiger partial charge in [-0.1, -0.05) is 12.1 Å². The molecule has 0 saturated heterocycles. The van der Waals surface area contributed by atoms with Crippen LogP contribution in [0.5, 0.6) is 0 Å². The summed E-state index contributed by atoms with van der Waals surface area (Å²) in [6, 6.07) is 6.59. The van der Waals surface area contributed by atoms with Crippen molar-refractivity contribution in [3.8, 4) is 0 Å². The van der Waals surface area contributed by atoms with Gasteiger partial charge in [0.1, 0.15) is 0 Å². The lowest BCUT2D eigenvalue weighted by Gasteiger charge is -2.07. The normalized spacial score (nSPS) is 10.7. The molecule has 2 rings (SSSR count). The molecule has 0 aliphatic rings. The molecule has 0 aliphatic heterocycles. The van der Waals surface area contributed by atoms with Crippen LogP contribution in [-0.4, -0.2) is 35.9 Å². The quantitative estimate of drug-likeness (QED) is 0.723. The van der Waals surface area contributed by atoms with E-state index in [1.54, 1.807) is 31.4 Å². The summed E-state index contributed by atoms with van der Waals surface area (Å²) in [6.45, 7) is 0.967. The largest absolute Gasteiger partial charge is 0.383 e. The average molecular weight is 291 g/mol. The van der Waals surface area contributed by atoms with E-state index in [2.05, 4.69) is 10.4 Å². The van der Waals surface area contributed by atoms with Gasteiger partial charge in [0, 0.05) is 20.1 Å². The highest BCUT2D eigenvalue weighted by molar-refractivity contribution is 5.80. The Morgan fingerprint density at radius 1 is 1.29 bits per heavy atom. The van der Waals surface area contributed by atoms with Gasteiger partial charge >= 0.3 is 0 Å². The minimum absolute atomic E-state index is 0.109. The Labute approximate surface area is 120 Å². The van der Waals surface area contributed by atoms with Gasteiger partial charge in [0.25, 0.3) is 11.1 Å². The van der Waals surface area contributed by atoms with Crippen LogP contribution < -0.4 is 16.4 Å². The summed E-state index contributed by atoms with van der Waals surface area (Å²) >= 11 is 0. The summed E-state index contributed by atoms with van der Waals surface area (Å²) in [4.78, 5) is 35.6. The molecule has 0 radical (unpaired) electrons. The van der Waals surface area contributed by atoms with E-state index in [1.807, 2.05) is 0 Å². The highest BCUT2D eigenvalue weighted by Gasteiger charge is 2.08. The van der Waals surface area contributed by atoms with Gasteiger partial charge in [0.2, 0.25) is 5.91 Å². The molecule has 0 fully saturated rings. The number of H-pyrrole nitrogens is 1. The Morgan fingerprint density at radius 3 is 2.71 bits per heavy atom. The maximum Gasteiger partial charge on any atom is 0.273 e. The van der Waals surface area contributed by atoms with Crippen molar-refractivity contribution in [2.75, 3.05) is 20.3 Å². The van der Waals surface area contributed by atoms with E-state index in [-0.39, 0.29) is 30.0 Å². The lowest BCUT2D eigenvalue weighted by molar-refractivity contribution is -0.121. The molecule has 7 nitrogen and oxygen atoms in total. The van der Waals surface area contributed by atoms with Crippen molar-refractivity contribution in [2.45, 2.75) is 13.0 Å². The Kier molecular flexibility index (Phi) is 4.89.